The Bertz CT molecular complexity index is 168. The molecular weight excluding hydrogens is 182 g/mol. The molecule has 8 heteroatoms. The molecule has 1 aliphatic heterocycles. The van der Waals surface area contributed by atoms with E-state index in [1.165, 1.54) is 0 Å². The van der Waals surface area contributed by atoms with Gasteiger partial charge in [-0.15, -0.1) is 0 Å². The standard InChI is InChI=1S/C2H6O6P2/c1-2(3)6-9(4)8-10(5)7-2/h3,9-10H,1H3. The molecule has 0 amide bonds. The van der Waals surface area contributed by atoms with E-state index in [4.69, 9.17) is 5.11 Å². The molecule has 0 aromatic carbocycles. The highest BCUT2D eigenvalue weighted by molar-refractivity contribution is 7.48. The largest absolute Gasteiger partial charge is 0.343 e. The van der Waals surface area contributed by atoms with Crippen LogP contribution >= 0.6 is 16.5 Å². The van der Waals surface area contributed by atoms with Crippen molar-refractivity contribution in [2.45, 2.75) is 12.9 Å². The maximum absolute atomic E-state index is 10.4. The van der Waals surface area contributed by atoms with Crippen LogP contribution in [-0.2, 0) is 22.5 Å². The van der Waals surface area contributed by atoms with Gasteiger partial charge in [0.1, 0.15) is 0 Å². The molecule has 2 atom stereocenters. The fraction of sp³-hybridized carbons (Fsp3) is 1.00. The molecular formula is C2H6O6P2. The van der Waals surface area contributed by atoms with E-state index in [0.717, 1.165) is 6.92 Å². The van der Waals surface area contributed by atoms with Crippen molar-refractivity contribution in [2.75, 3.05) is 0 Å². The van der Waals surface area contributed by atoms with Gasteiger partial charge < -0.3 is 5.11 Å². The van der Waals surface area contributed by atoms with E-state index >= 15 is 0 Å². The smallest absolute Gasteiger partial charge is 0.330 e. The number of hydrogen-bond donors (Lipinski definition) is 1. The van der Waals surface area contributed by atoms with Crippen LogP contribution in [-0.4, -0.2) is 11.1 Å². The molecule has 0 aromatic heterocycles. The van der Waals surface area contributed by atoms with Crippen LogP contribution in [0.3, 0.4) is 0 Å². The van der Waals surface area contributed by atoms with Crippen molar-refractivity contribution in [3.8, 4) is 0 Å². The Morgan fingerprint density at radius 1 is 1.30 bits per heavy atom. The monoisotopic (exact) mass is 188 g/mol. The minimum absolute atomic E-state index is 1.08. The highest BCUT2D eigenvalue weighted by Gasteiger charge is 2.34. The van der Waals surface area contributed by atoms with Crippen molar-refractivity contribution in [1.29, 1.82) is 0 Å². The summed E-state index contributed by atoms with van der Waals surface area (Å²) >= 11 is 0. The molecule has 0 spiro atoms. The van der Waals surface area contributed by atoms with Crippen molar-refractivity contribution in [3.05, 3.63) is 0 Å². The summed E-state index contributed by atoms with van der Waals surface area (Å²) in [6.07, 6.45) is 0. The number of aliphatic hydroxyl groups is 1. The van der Waals surface area contributed by atoms with Gasteiger partial charge in [-0.1, -0.05) is 0 Å². The van der Waals surface area contributed by atoms with Crippen molar-refractivity contribution < 1.29 is 27.6 Å². The van der Waals surface area contributed by atoms with Gasteiger partial charge in [0.15, 0.2) is 0 Å². The first-order valence-electron chi connectivity index (χ1n) is 2.36. The van der Waals surface area contributed by atoms with E-state index in [-0.39, 0.29) is 0 Å². The minimum atomic E-state index is -2.84. The Balaban J connectivity index is 2.68. The van der Waals surface area contributed by atoms with Crippen molar-refractivity contribution >= 4 is 16.5 Å². The molecule has 1 aliphatic rings. The zero-order valence-corrected chi connectivity index (χ0v) is 6.99. The van der Waals surface area contributed by atoms with Gasteiger partial charge in [-0.05, 0) is 0 Å². The average Bonchev–Trinajstić information content (AvgIpc) is 1.54. The van der Waals surface area contributed by atoms with Crippen LogP contribution in [0.15, 0.2) is 0 Å². The molecule has 1 fully saturated rings. The average molecular weight is 188 g/mol. The van der Waals surface area contributed by atoms with Crippen LogP contribution in [0, 0.1) is 0 Å². The quantitative estimate of drug-likeness (QED) is 0.557. The van der Waals surface area contributed by atoms with Crippen LogP contribution in [0.5, 0.6) is 0 Å². The summed E-state index contributed by atoms with van der Waals surface area (Å²) in [4.78, 5) is 0. The maximum atomic E-state index is 10.4. The normalized spacial score (nSPS) is 49.0. The van der Waals surface area contributed by atoms with E-state index < -0.39 is 22.5 Å². The van der Waals surface area contributed by atoms with Crippen molar-refractivity contribution in [3.63, 3.8) is 0 Å². The molecule has 1 rings (SSSR count). The molecule has 60 valence electrons. The third kappa shape index (κ3) is 2.16. The fourth-order valence-corrected chi connectivity index (χ4v) is 2.10. The zero-order valence-electron chi connectivity index (χ0n) is 4.99. The molecule has 0 radical (unpaired) electrons. The van der Waals surface area contributed by atoms with Gasteiger partial charge in [0.2, 0.25) is 0 Å². The van der Waals surface area contributed by atoms with Crippen LogP contribution < -0.4 is 0 Å². The van der Waals surface area contributed by atoms with Gasteiger partial charge in [-0.2, -0.15) is 0 Å². The van der Waals surface area contributed by atoms with Gasteiger partial charge in [0.25, 0.3) is 5.97 Å². The Labute approximate surface area is 58.0 Å². The Hall–Kier alpha value is 0.300. The molecule has 6 nitrogen and oxygen atoms in total. The Morgan fingerprint density at radius 3 is 2.00 bits per heavy atom. The molecule has 1 N–H and O–H groups in total. The lowest BCUT2D eigenvalue weighted by molar-refractivity contribution is -0.266. The van der Waals surface area contributed by atoms with Crippen LogP contribution in [0.2, 0.25) is 0 Å². The molecule has 0 saturated carbocycles. The highest BCUT2D eigenvalue weighted by atomic mass is 31.2. The summed E-state index contributed by atoms with van der Waals surface area (Å²) in [6, 6.07) is 0. The number of hydrogen-bond acceptors (Lipinski definition) is 6. The summed E-state index contributed by atoms with van der Waals surface area (Å²) in [6.45, 7) is 1.08. The summed E-state index contributed by atoms with van der Waals surface area (Å²) in [5.74, 6) is -2.04. The topological polar surface area (TPSA) is 82.1 Å². The van der Waals surface area contributed by atoms with Gasteiger partial charge in [0, 0.05) is 6.92 Å². The lowest BCUT2D eigenvalue weighted by Gasteiger charge is -2.25. The maximum Gasteiger partial charge on any atom is 0.330 e. The van der Waals surface area contributed by atoms with Crippen molar-refractivity contribution in [2.24, 2.45) is 0 Å². The second-order valence-electron chi connectivity index (χ2n) is 1.70. The van der Waals surface area contributed by atoms with E-state index in [9.17, 15) is 9.13 Å². The van der Waals surface area contributed by atoms with Gasteiger partial charge in [-0.25, -0.2) is 4.31 Å². The van der Waals surface area contributed by atoms with E-state index in [1.807, 2.05) is 0 Å². The predicted molar refractivity (Wildman–Crippen MR) is 31.9 cm³/mol. The fourth-order valence-electron chi connectivity index (χ4n) is 0.440. The lowest BCUT2D eigenvalue weighted by Crippen LogP contribution is -2.28. The highest BCUT2D eigenvalue weighted by Crippen LogP contribution is 2.50. The lowest BCUT2D eigenvalue weighted by atomic mass is 10.7. The molecule has 2 unspecified atom stereocenters. The van der Waals surface area contributed by atoms with E-state index in [2.05, 4.69) is 13.4 Å². The SMILES string of the molecule is CC1(O)O[PH](=O)O[PH](=O)O1. The van der Waals surface area contributed by atoms with Crippen LogP contribution in [0.1, 0.15) is 6.92 Å². The van der Waals surface area contributed by atoms with Crippen LogP contribution in [0.25, 0.3) is 0 Å². The summed E-state index contributed by atoms with van der Waals surface area (Å²) in [5, 5.41) is 8.84. The third-order valence-corrected chi connectivity index (χ3v) is 3.14. The summed E-state index contributed by atoms with van der Waals surface area (Å²) < 4.78 is 33.4. The van der Waals surface area contributed by atoms with Crippen molar-refractivity contribution in [1.82, 2.24) is 0 Å². The Kier molecular flexibility index (Phi) is 2.30. The van der Waals surface area contributed by atoms with E-state index in [1.54, 1.807) is 0 Å². The summed E-state index contributed by atoms with van der Waals surface area (Å²) in [7, 11) is -5.68. The number of rotatable bonds is 0. The molecule has 0 aromatic rings. The first kappa shape index (κ1) is 8.40. The molecule has 1 heterocycles. The van der Waals surface area contributed by atoms with Gasteiger partial charge in [-0.3, -0.25) is 18.2 Å². The zero-order chi connectivity index (χ0) is 7.78. The Morgan fingerprint density at radius 2 is 1.70 bits per heavy atom. The molecule has 1 saturated heterocycles. The first-order valence-corrected chi connectivity index (χ1v) is 4.81. The molecule has 0 bridgehead atoms. The second kappa shape index (κ2) is 2.74. The molecule has 0 aliphatic carbocycles. The first-order chi connectivity index (χ1) is 4.49. The minimum Gasteiger partial charge on any atom is -0.343 e. The third-order valence-electron chi connectivity index (χ3n) is 0.712. The van der Waals surface area contributed by atoms with E-state index in [0.29, 0.717) is 0 Å². The van der Waals surface area contributed by atoms with Crippen LogP contribution in [0.4, 0.5) is 0 Å². The second-order valence-corrected chi connectivity index (χ2v) is 3.93. The van der Waals surface area contributed by atoms with Gasteiger partial charge >= 0.3 is 16.5 Å². The van der Waals surface area contributed by atoms with Gasteiger partial charge in [0.05, 0.1) is 0 Å². The molecule has 10 heavy (non-hydrogen) atoms. The predicted octanol–water partition coefficient (Wildman–Crippen LogP) is 0.495. The summed E-state index contributed by atoms with van der Waals surface area (Å²) in [5.41, 5.74) is 0.